The van der Waals surface area contributed by atoms with Crippen LogP contribution < -0.4 is 10.1 Å². The zero-order chi connectivity index (χ0) is 18.7. The Bertz CT molecular complexity index is 929. The number of aromatic nitrogens is 1. The van der Waals surface area contributed by atoms with Gasteiger partial charge < -0.3 is 4.74 Å². The lowest BCUT2D eigenvalue weighted by molar-refractivity contribution is -0.118. The highest BCUT2D eigenvalue weighted by molar-refractivity contribution is 7.14. The molecule has 0 fully saturated rings. The SMILES string of the molecule is Cc1cc(C)c(-c2csc(NC(=O)COc3cccc(Cl)c3)n2)c(C)c1. The molecule has 4 nitrogen and oxygen atoms in total. The maximum atomic E-state index is 12.1. The molecule has 0 saturated carbocycles. The molecule has 26 heavy (non-hydrogen) atoms. The summed E-state index contributed by atoms with van der Waals surface area (Å²) in [6, 6.07) is 11.2. The summed E-state index contributed by atoms with van der Waals surface area (Å²) < 4.78 is 5.44. The third-order valence-corrected chi connectivity index (χ3v) is 4.84. The molecule has 0 spiro atoms. The van der Waals surface area contributed by atoms with Crippen LogP contribution >= 0.6 is 22.9 Å². The van der Waals surface area contributed by atoms with Crippen LogP contribution in [0.5, 0.6) is 5.75 Å². The number of benzene rings is 2. The number of rotatable bonds is 5. The van der Waals surface area contributed by atoms with E-state index in [0.29, 0.717) is 15.9 Å². The van der Waals surface area contributed by atoms with Gasteiger partial charge >= 0.3 is 0 Å². The number of hydrogen-bond donors (Lipinski definition) is 1. The summed E-state index contributed by atoms with van der Waals surface area (Å²) in [4.78, 5) is 16.6. The van der Waals surface area contributed by atoms with E-state index < -0.39 is 0 Å². The number of thiazole rings is 1. The molecule has 6 heteroatoms. The summed E-state index contributed by atoms with van der Waals surface area (Å²) in [7, 11) is 0. The third kappa shape index (κ3) is 4.42. The Labute approximate surface area is 161 Å². The highest BCUT2D eigenvalue weighted by Gasteiger charge is 2.12. The minimum atomic E-state index is -0.261. The van der Waals surface area contributed by atoms with Crippen molar-refractivity contribution in [1.29, 1.82) is 0 Å². The van der Waals surface area contributed by atoms with E-state index in [-0.39, 0.29) is 12.5 Å². The topological polar surface area (TPSA) is 51.2 Å². The standard InChI is InChI=1S/C20H19ClN2O2S/c1-12-7-13(2)19(14(3)8-12)17-11-26-20(22-17)23-18(24)10-25-16-6-4-5-15(21)9-16/h4-9,11H,10H2,1-3H3,(H,22,23,24). The van der Waals surface area contributed by atoms with E-state index in [4.69, 9.17) is 16.3 Å². The number of ether oxygens (including phenoxy) is 1. The van der Waals surface area contributed by atoms with E-state index in [2.05, 4.69) is 43.2 Å². The number of anilines is 1. The minimum absolute atomic E-state index is 0.0994. The van der Waals surface area contributed by atoms with Gasteiger partial charge in [-0.2, -0.15) is 0 Å². The van der Waals surface area contributed by atoms with Crippen molar-refractivity contribution in [3.05, 3.63) is 63.5 Å². The molecule has 0 atom stereocenters. The molecule has 2 aromatic carbocycles. The molecule has 3 aromatic rings. The molecule has 0 aliphatic heterocycles. The number of aryl methyl sites for hydroxylation is 3. The van der Waals surface area contributed by atoms with Gasteiger partial charge in [-0.3, -0.25) is 10.1 Å². The molecule has 134 valence electrons. The van der Waals surface area contributed by atoms with Gasteiger partial charge in [-0.25, -0.2) is 4.98 Å². The lowest BCUT2D eigenvalue weighted by Gasteiger charge is -2.09. The molecule has 1 amide bonds. The van der Waals surface area contributed by atoms with Crippen molar-refractivity contribution in [1.82, 2.24) is 4.98 Å². The van der Waals surface area contributed by atoms with E-state index in [1.807, 2.05) is 5.38 Å². The van der Waals surface area contributed by atoms with E-state index in [9.17, 15) is 4.79 Å². The predicted octanol–water partition coefficient (Wildman–Crippen LogP) is 5.41. The zero-order valence-electron chi connectivity index (χ0n) is 14.8. The highest BCUT2D eigenvalue weighted by Crippen LogP contribution is 2.31. The molecule has 3 rings (SSSR count). The Morgan fingerprint density at radius 1 is 1.19 bits per heavy atom. The van der Waals surface area contributed by atoms with Crippen molar-refractivity contribution in [2.75, 3.05) is 11.9 Å². The summed E-state index contributed by atoms with van der Waals surface area (Å²) in [5.74, 6) is 0.293. The molecular weight excluding hydrogens is 368 g/mol. The van der Waals surface area contributed by atoms with Crippen LogP contribution in [0.15, 0.2) is 41.8 Å². The average molecular weight is 387 g/mol. The van der Waals surface area contributed by atoms with Gasteiger partial charge in [-0.15, -0.1) is 11.3 Å². The monoisotopic (exact) mass is 386 g/mol. The number of amides is 1. The van der Waals surface area contributed by atoms with Crippen molar-refractivity contribution in [2.24, 2.45) is 0 Å². The van der Waals surface area contributed by atoms with Crippen LogP contribution in [0.1, 0.15) is 16.7 Å². The van der Waals surface area contributed by atoms with Gasteiger partial charge in [0.1, 0.15) is 5.75 Å². The van der Waals surface area contributed by atoms with Crippen molar-refractivity contribution >= 4 is 34.0 Å². The summed E-state index contributed by atoms with van der Waals surface area (Å²) in [6.07, 6.45) is 0. The Hall–Kier alpha value is -2.37. The normalized spacial score (nSPS) is 10.6. The van der Waals surface area contributed by atoms with Gasteiger partial charge in [0.2, 0.25) is 0 Å². The maximum Gasteiger partial charge on any atom is 0.264 e. The van der Waals surface area contributed by atoms with Crippen LogP contribution in [0.25, 0.3) is 11.3 Å². The van der Waals surface area contributed by atoms with Gasteiger partial charge in [0.05, 0.1) is 5.69 Å². The maximum absolute atomic E-state index is 12.1. The van der Waals surface area contributed by atoms with Crippen LogP contribution in [0, 0.1) is 20.8 Å². The summed E-state index contributed by atoms with van der Waals surface area (Å²) >= 11 is 7.30. The highest BCUT2D eigenvalue weighted by atomic mass is 35.5. The van der Waals surface area contributed by atoms with Crippen LogP contribution in [0.4, 0.5) is 5.13 Å². The van der Waals surface area contributed by atoms with Crippen LogP contribution in [0.3, 0.4) is 0 Å². The van der Waals surface area contributed by atoms with Gasteiger partial charge in [0, 0.05) is 16.0 Å². The Morgan fingerprint density at radius 3 is 2.62 bits per heavy atom. The third-order valence-electron chi connectivity index (χ3n) is 3.85. The summed E-state index contributed by atoms with van der Waals surface area (Å²) in [5.41, 5.74) is 5.56. The van der Waals surface area contributed by atoms with Crippen LogP contribution in [-0.4, -0.2) is 17.5 Å². The fourth-order valence-corrected chi connectivity index (χ4v) is 3.79. The van der Waals surface area contributed by atoms with Gasteiger partial charge in [0.15, 0.2) is 11.7 Å². The molecule has 0 aliphatic rings. The smallest absolute Gasteiger partial charge is 0.264 e. The molecule has 1 aromatic heterocycles. The number of halogens is 1. The first kappa shape index (κ1) is 18.4. The van der Waals surface area contributed by atoms with Crippen molar-refractivity contribution < 1.29 is 9.53 Å². The number of carbonyl (C=O) groups is 1. The first-order valence-electron chi connectivity index (χ1n) is 8.14. The average Bonchev–Trinajstić information content (AvgIpc) is 3.00. The molecule has 1 heterocycles. The first-order valence-corrected chi connectivity index (χ1v) is 9.40. The Morgan fingerprint density at radius 2 is 1.92 bits per heavy atom. The number of carbonyl (C=O) groups excluding carboxylic acids is 1. The molecular formula is C20H19ClN2O2S. The molecule has 1 N–H and O–H groups in total. The lowest BCUT2D eigenvalue weighted by Crippen LogP contribution is -2.20. The Kier molecular flexibility index (Phi) is 5.59. The number of nitrogens with zero attached hydrogens (tertiary/aromatic N) is 1. The molecule has 0 saturated heterocycles. The van der Waals surface area contributed by atoms with Crippen molar-refractivity contribution in [3.63, 3.8) is 0 Å². The van der Waals surface area contributed by atoms with Gasteiger partial charge in [-0.1, -0.05) is 35.4 Å². The van der Waals surface area contributed by atoms with Crippen LogP contribution in [-0.2, 0) is 4.79 Å². The predicted molar refractivity (Wildman–Crippen MR) is 107 cm³/mol. The number of hydrogen-bond acceptors (Lipinski definition) is 4. The van der Waals surface area contributed by atoms with Gasteiger partial charge in [0.25, 0.3) is 5.91 Å². The number of nitrogens with one attached hydrogen (secondary N) is 1. The molecule has 0 aliphatic carbocycles. The zero-order valence-corrected chi connectivity index (χ0v) is 16.4. The van der Waals surface area contributed by atoms with E-state index in [1.165, 1.54) is 28.0 Å². The molecule has 0 radical (unpaired) electrons. The second-order valence-corrected chi connectivity index (χ2v) is 7.40. The fourth-order valence-electron chi connectivity index (χ4n) is 2.89. The van der Waals surface area contributed by atoms with E-state index in [1.54, 1.807) is 24.3 Å². The van der Waals surface area contributed by atoms with Crippen molar-refractivity contribution in [2.45, 2.75) is 20.8 Å². The largest absolute Gasteiger partial charge is 0.484 e. The Balaban J connectivity index is 1.66. The summed E-state index contributed by atoms with van der Waals surface area (Å²) in [6.45, 7) is 6.13. The second-order valence-electron chi connectivity index (χ2n) is 6.11. The second kappa shape index (κ2) is 7.89. The fraction of sp³-hybridized carbons (Fsp3) is 0.200. The summed E-state index contributed by atoms with van der Waals surface area (Å²) in [5, 5.41) is 5.85. The van der Waals surface area contributed by atoms with Gasteiger partial charge in [-0.05, 0) is 50.1 Å². The lowest BCUT2D eigenvalue weighted by atomic mass is 9.98. The van der Waals surface area contributed by atoms with Crippen molar-refractivity contribution in [3.8, 4) is 17.0 Å². The molecule has 0 unspecified atom stereocenters. The van der Waals surface area contributed by atoms with E-state index in [0.717, 1.165) is 11.3 Å². The molecule has 0 bridgehead atoms. The first-order chi connectivity index (χ1) is 12.4. The van der Waals surface area contributed by atoms with E-state index >= 15 is 0 Å². The quantitative estimate of drug-likeness (QED) is 0.638. The minimum Gasteiger partial charge on any atom is -0.484 e. The van der Waals surface area contributed by atoms with Crippen LogP contribution in [0.2, 0.25) is 5.02 Å².